The van der Waals surface area contributed by atoms with Crippen LogP contribution in [-0.2, 0) is 18.3 Å². The molecule has 1 N–H and O–H groups in total. The van der Waals surface area contributed by atoms with Gasteiger partial charge in [-0.05, 0) is 13.0 Å². The van der Waals surface area contributed by atoms with Crippen LogP contribution in [0.15, 0.2) is 12.4 Å². The summed E-state index contributed by atoms with van der Waals surface area (Å²) in [6.07, 6.45) is 5.59. The molecule has 2 rings (SSSR count). The van der Waals surface area contributed by atoms with Gasteiger partial charge in [0.1, 0.15) is 5.82 Å². The number of imidazole rings is 1. The molecular formula is C11H18N4O. The minimum absolute atomic E-state index is 0.201. The maximum absolute atomic E-state index is 11.7. The number of nitrogens with one attached hydrogen (secondary N) is 1. The van der Waals surface area contributed by atoms with E-state index >= 15 is 0 Å². The average molecular weight is 222 g/mol. The molecule has 1 aromatic heterocycles. The summed E-state index contributed by atoms with van der Waals surface area (Å²) in [4.78, 5) is 17.9. The monoisotopic (exact) mass is 222 g/mol. The van der Waals surface area contributed by atoms with E-state index in [1.165, 1.54) is 0 Å². The van der Waals surface area contributed by atoms with Gasteiger partial charge in [0.25, 0.3) is 0 Å². The highest BCUT2D eigenvalue weighted by molar-refractivity contribution is 5.78. The number of carbonyl (C=O) groups excluding carboxylic acids is 1. The fraction of sp³-hybridized carbons (Fsp3) is 0.636. The minimum atomic E-state index is 0.201. The van der Waals surface area contributed by atoms with Crippen LogP contribution < -0.4 is 5.32 Å². The van der Waals surface area contributed by atoms with Crippen molar-refractivity contribution in [1.82, 2.24) is 19.8 Å². The highest BCUT2D eigenvalue weighted by atomic mass is 16.2. The van der Waals surface area contributed by atoms with Gasteiger partial charge in [0.05, 0.1) is 6.54 Å². The fourth-order valence-electron chi connectivity index (χ4n) is 1.94. The standard InChI is InChI=1S/C11H18N4O/c1-14-8-5-13-10(14)3-7-15-6-2-4-12-9-11(15)16/h5,8,12H,2-4,6-7,9H2,1H3. The second-order valence-corrected chi connectivity index (χ2v) is 4.12. The molecule has 5 nitrogen and oxygen atoms in total. The first kappa shape index (κ1) is 11.1. The van der Waals surface area contributed by atoms with E-state index in [4.69, 9.17) is 0 Å². The summed E-state index contributed by atoms with van der Waals surface area (Å²) in [6.45, 7) is 3.03. The predicted octanol–water partition coefficient (Wildman–Crippen LogP) is -0.215. The van der Waals surface area contributed by atoms with Crippen molar-refractivity contribution in [1.29, 1.82) is 0 Å². The van der Waals surface area contributed by atoms with Gasteiger partial charge in [0.15, 0.2) is 0 Å². The predicted molar refractivity (Wildman–Crippen MR) is 61.0 cm³/mol. The molecule has 0 bridgehead atoms. The number of carbonyl (C=O) groups is 1. The third kappa shape index (κ3) is 2.61. The molecule has 0 radical (unpaired) electrons. The van der Waals surface area contributed by atoms with Gasteiger partial charge < -0.3 is 14.8 Å². The van der Waals surface area contributed by atoms with Crippen LogP contribution >= 0.6 is 0 Å². The van der Waals surface area contributed by atoms with E-state index in [0.717, 1.165) is 38.3 Å². The molecule has 2 heterocycles. The lowest BCUT2D eigenvalue weighted by atomic mass is 10.3. The lowest BCUT2D eigenvalue weighted by Crippen LogP contribution is -2.36. The third-order valence-electron chi connectivity index (χ3n) is 2.94. The van der Waals surface area contributed by atoms with Crippen LogP contribution in [0.3, 0.4) is 0 Å². The van der Waals surface area contributed by atoms with Crippen molar-refractivity contribution in [3.05, 3.63) is 18.2 Å². The number of aryl methyl sites for hydroxylation is 1. The topological polar surface area (TPSA) is 50.2 Å². The van der Waals surface area contributed by atoms with Crippen molar-refractivity contribution in [3.63, 3.8) is 0 Å². The van der Waals surface area contributed by atoms with Crippen LogP contribution in [0.2, 0.25) is 0 Å². The maximum Gasteiger partial charge on any atom is 0.236 e. The van der Waals surface area contributed by atoms with Crippen molar-refractivity contribution in [3.8, 4) is 0 Å². The van der Waals surface area contributed by atoms with Gasteiger partial charge in [0, 0.05) is 39.0 Å². The molecule has 88 valence electrons. The SMILES string of the molecule is Cn1ccnc1CCN1CCCNCC1=O. The maximum atomic E-state index is 11.7. The van der Waals surface area contributed by atoms with Gasteiger partial charge in [0.2, 0.25) is 5.91 Å². The summed E-state index contributed by atoms with van der Waals surface area (Å²) in [5, 5.41) is 3.12. The van der Waals surface area contributed by atoms with E-state index in [2.05, 4.69) is 10.3 Å². The lowest BCUT2D eigenvalue weighted by molar-refractivity contribution is -0.129. The summed E-state index contributed by atoms with van der Waals surface area (Å²) in [5.41, 5.74) is 0. The number of hydrogen-bond acceptors (Lipinski definition) is 3. The van der Waals surface area contributed by atoms with Gasteiger partial charge in [-0.25, -0.2) is 4.98 Å². The summed E-state index contributed by atoms with van der Waals surface area (Å²) in [5.74, 6) is 1.23. The van der Waals surface area contributed by atoms with Gasteiger partial charge in [-0.2, -0.15) is 0 Å². The third-order valence-corrected chi connectivity index (χ3v) is 2.94. The minimum Gasteiger partial charge on any atom is -0.341 e. The Kier molecular flexibility index (Phi) is 3.56. The molecule has 1 aromatic rings. The molecule has 0 aliphatic carbocycles. The molecule has 1 aliphatic heterocycles. The Labute approximate surface area is 95.5 Å². The smallest absolute Gasteiger partial charge is 0.236 e. The number of nitrogens with zero attached hydrogens (tertiary/aromatic N) is 3. The van der Waals surface area contributed by atoms with E-state index in [9.17, 15) is 4.79 Å². The van der Waals surface area contributed by atoms with Crippen molar-refractivity contribution in [2.75, 3.05) is 26.2 Å². The first-order chi connectivity index (χ1) is 7.77. The highest BCUT2D eigenvalue weighted by Crippen LogP contribution is 2.01. The van der Waals surface area contributed by atoms with Crippen molar-refractivity contribution in [2.24, 2.45) is 7.05 Å². The van der Waals surface area contributed by atoms with Gasteiger partial charge >= 0.3 is 0 Å². The second-order valence-electron chi connectivity index (χ2n) is 4.12. The first-order valence-electron chi connectivity index (χ1n) is 5.72. The van der Waals surface area contributed by atoms with Gasteiger partial charge in [-0.15, -0.1) is 0 Å². The van der Waals surface area contributed by atoms with E-state index in [1.807, 2.05) is 22.7 Å². The molecule has 1 fully saturated rings. The quantitative estimate of drug-likeness (QED) is 0.769. The molecule has 5 heteroatoms. The van der Waals surface area contributed by atoms with Crippen LogP contribution in [0, 0.1) is 0 Å². The Balaban J connectivity index is 1.89. The van der Waals surface area contributed by atoms with E-state index < -0.39 is 0 Å². The van der Waals surface area contributed by atoms with Crippen molar-refractivity contribution >= 4 is 5.91 Å². The van der Waals surface area contributed by atoms with E-state index in [-0.39, 0.29) is 5.91 Å². The summed E-state index contributed by atoms with van der Waals surface area (Å²) >= 11 is 0. The molecule has 0 aromatic carbocycles. The summed E-state index contributed by atoms with van der Waals surface area (Å²) in [6, 6.07) is 0. The molecular weight excluding hydrogens is 204 g/mol. The van der Waals surface area contributed by atoms with Crippen LogP contribution in [0.1, 0.15) is 12.2 Å². The van der Waals surface area contributed by atoms with Crippen molar-refractivity contribution in [2.45, 2.75) is 12.8 Å². The summed E-state index contributed by atoms with van der Waals surface area (Å²) < 4.78 is 2.00. The van der Waals surface area contributed by atoms with E-state index in [1.54, 1.807) is 6.20 Å². The van der Waals surface area contributed by atoms with Crippen LogP contribution in [0.4, 0.5) is 0 Å². The Morgan fingerprint density at radius 2 is 2.44 bits per heavy atom. The molecule has 1 saturated heterocycles. The number of amides is 1. The van der Waals surface area contributed by atoms with Gasteiger partial charge in [-0.3, -0.25) is 4.79 Å². The molecule has 0 spiro atoms. The molecule has 0 atom stereocenters. The second kappa shape index (κ2) is 5.12. The Morgan fingerprint density at radius 1 is 1.56 bits per heavy atom. The molecule has 1 aliphatic rings. The van der Waals surface area contributed by atoms with E-state index in [0.29, 0.717) is 6.54 Å². The summed E-state index contributed by atoms with van der Waals surface area (Å²) in [7, 11) is 1.98. The molecule has 16 heavy (non-hydrogen) atoms. The first-order valence-corrected chi connectivity index (χ1v) is 5.72. The van der Waals surface area contributed by atoms with Crippen molar-refractivity contribution < 1.29 is 4.79 Å². The Morgan fingerprint density at radius 3 is 3.19 bits per heavy atom. The Hall–Kier alpha value is -1.36. The zero-order valence-corrected chi connectivity index (χ0v) is 9.65. The average Bonchev–Trinajstić information content (AvgIpc) is 2.56. The number of hydrogen-bond donors (Lipinski definition) is 1. The van der Waals surface area contributed by atoms with Crippen LogP contribution in [-0.4, -0.2) is 46.5 Å². The largest absolute Gasteiger partial charge is 0.341 e. The Bertz CT molecular complexity index is 361. The lowest BCUT2D eigenvalue weighted by Gasteiger charge is -2.19. The number of rotatable bonds is 3. The van der Waals surface area contributed by atoms with Gasteiger partial charge in [-0.1, -0.05) is 0 Å². The molecule has 1 amide bonds. The zero-order valence-electron chi connectivity index (χ0n) is 9.65. The number of aromatic nitrogens is 2. The van der Waals surface area contributed by atoms with Crippen LogP contribution in [0.25, 0.3) is 0 Å². The highest BCUT2D eigenvalue weighted by Gasteiger charge is 2.16. The fourth-order valence-corrected chi connectivity index (χ4v) is 1.94. The molecule has 0 saturated carbocycles. The molecule has 0 unspecified atom stereocenters. The van der Waals surface area contributed by atoms with Crippen LogP contribution in [0.5, 0.6) is 0 Å². The normalized spacial score (nSPS) is 17.6. The zero-order chi connectivity index (χ0) is 11.4.